The second-order valence-corrected chi connectivity index (χ2v) is 7.97. The van der Waals surface area contributed by atoms with Gasteiger partial charge in [0.2, 0.25) is 0 Å². The number of benzene rings is 1. The van der Waals surface area contributed by atoms with Crippen LogP contribution < -0.4 is 15.4 Å². The molecule has 0 atom stereocenters. The Hall–Kier alpha value is -3.57. The number of halogens is 2. The lowest BCUT2D eigenvalue weighted by atomic mass is 9.82. The fraction of sp³-hybridized carbons (Fsp3) is 0.261. The average Bonchev–Trinajstić information content (AvgIpc) is 2.82. The van der Waals surface area contributed by atoms with E-state index < -0.39 is 30.3 Å². The SMILES string of the molecule is CB(O)N1CCC(Oc2ccc(Nc3ncccc3NC(=O)c3ncc(F)cc3F)cc2)CC1. The van der Waals surface area contributed by atoms with Crippen molar-refractivity contribution in [1.82, 2.24) is 14.8 Å². The van der Waals surface area contributed by atoms with Crippen LogP contribution in [0.3, 0.4) is 0 Å². The Bertz CT molecular complexity index is 1140. The van der Waals surface area contributed by atoms with E-state index in [-0.39, 0.29) is 6.10 Å². The highest BCUT2D eigenvalue weighted by Crippen LogP contribution is 2.26. The van der Waals surface area contributed by atoms with Crippen LogP contribution in [-0.4, -0.2) is 52.0 Å². The molecule has 0 aliphatic carbocycles. The molecule has 4 rings (SSSR count). The second kappa shape index (κ2) is 10.6. The summed E-state index contributed by atoms with van der Waals surface area (Å²) in [5.41, 5.74) is 0.497. The molecule has 1 fully saturated rings. The minimum Gasteiger partial charge on any atom is -0.490 e. The molecule has 3 heterocycles. The van der Waals surface area contributed by atoms with Gasteiger partial charge in [0.25, 0.3) is 5.91 Å². The Labute approximate surface area is 196 Å². The van der Waals surface area contributed by atoms with Crippen LogP contribution in [0.5, 0.6) is 5.75 Å². The van der Waals surface area contributed by atoms with Crippen molar-refractivity contribution in [1.29, 1.82) is 0 Å². The molecular weight excluding hydrogens is 443 g/mol. The summed E-state index contributed by atoms with van der Waals surface area (Å²) in [6.45, 7) is 3.34. The topological polar surface area (TPSA) is 99.6 Å². The number of anilines is 3. The number of pyridine rings is 2. The standard InChI is InChI=1S/C23H24BF2N5O3/c1-24(33)31-11-8-18(9-12-31)34-17-6-4-16(5-7-17)29-22-20(3-2-10-27-22)30-23(32)21-19(26)13-15(25)14-28-21/h2-7,10,13-14,18,33H,8-9,11-12H2,1H3,(H,27,29)(H,30,32). The highest BCUT2D eigenvalue weighted by Gasteiger charge is 2.25. The van der Waals surface area contributed by atoms with Gasteiger partial charge in [0.05, 0.1) is 11.9 Å². The summed E-state index contributed by atoms with van der Waals surface area (Å²) >= 11 is 0. The van der Waals surface area contributed by atoms with E-state index in [1.807, 2.05) is 29.1 Å². The maximum Gasteiger partial charge on any atom is 0.376 e. The van der Waals surface area contributed by atoms with Crippen LogP contribution in [0.1, 0.15) is 23.3 Å². The molecule has 0 spiro atoms. The fourth-order valence-electron chi connectivity index (χ4n) is 3.68. The molecule has 3 N–H and O–H groups in total. The van der Waals surface area contributed by atoms with Crippen molar-refractivity contribution in [2.45, 2.75) is 25.8 Å². The summed E-state index contributed by atoms with van der Waals surface area (Å²) in [6, 6.07) is 11.1. The van der Waals surface area contributed by atoms with Gasteiger partial charge in [-0.2, -0.15) is 0 Å². The highest BCUT2D eigenvalue weighted by atomic mass is 19.1. The molecule has 0 bridgehead atoms. The quantitative estimate of drug-likeness (QED) is 0.456. The van der Waals surface area contributed by atoms with Gasteiger partial charge in [-0.15, -0.1) is 0 Å². The average molecular weight is 467 g/mol. The van der Waals surface area contributed by atoms with Crippen LogP contribution in [0.15, 0.2) is 54.9 Å². The summed E-state index contributed by atoms with van der Waals surface area (Å²) in [6.07, 6.45) is 4.09. The van der Waals surface area contributed by atoms with Crippen molar-refractivity contribution in [3.8, 4) is 5.75 Å². The molecule has 1 aliphatic rings. The molecule has 1 amide bonds. The van der Waals surface area contributed by atoms with Crippen LogP contribution in [0.2, 0.25) is 6.82 Å². The van der Waals surface area contributed by atoms with Crippen molar-refractivity contribution in [3.05, 3.63) is 72.2 Å². The van der Waals surface area contributed by atoms with Crippen LogP contribution >= 0.6 is 0 Å². The first kappa shape index (κ1) is 23.6. The van der Waals surface area contributed by atoms with E-state index in [0.717, 1.165) is 37.9 Å². The third-order valence-electron chi connectivity index (χ3n) is 5.50. The number of rotatable bonds is 7. The van der Waals surface area contributed by atoms with Gasteiger partial charge >= 0.3 is 7.05 Å². The van der Waals surface area contributed by atoms with Gasteiger partial charge in [-0.05, 0) is 69.2 Å². The van der Waals surface area contributed by atoms with E-state index in [0.29, 0.717) is 23.3 Å². The van der Waals surface area contributed by atoms with E-state index in [4.69, 9.17) is 4.74 Å². The fourth-order valence-corrected chi connectivity index (χ4v) is 3.68. The van der Waals surface area contributed by atoms with Crippen molar-refractivity contribution in [2.24, 2.45) is 0 Å². The van der Waals surface area contributed by atoms with Gasteiger partial charge in [0, 0.05) is 18.0 Å². The predicted octanol–water partition coefficient (Wildman–Crippen LogP) is 3.70. The Balaban J connectivity index is 1.38. The monoisotopic (exact) mass is 467 g/mol. The lowest BCUT2D eigenvalue weighted by Crippen LogP contribution is -2.45. The van der Waals surface area contributed by atoms with Crippen molar-refractivity contribution < 1.29 is 23.3 Å². The normalized spacial score (nSPS) is 14.5. The number of ether oxygens (including phenoxy) is 1. The third-order valence-corrected chi connectivity index (χ3v) is 5.50. The van der Waals surface area contributed by atoms with Gasteiger partial charge in [-0.25, -0.2) is 18.7 Å². The lowest BCUT2D eigenvalue weighted by Gasteiger charge is -2.32. The number of amides is 1. The van der Waals surface area contributed by atoms with Gasteiger partial charge in [0.1, 0.15) is 17.7 Å². The molecule has 0 radical (unpaired) electrons. The third kappa shape index (κ3) is 5.86. The van der Waals surface area contributed by atoms with E-state index in [9.17, 15) is 18.6 Å². The van der Waals surface area contributed by atoms with Gasteiger partial charge in [0.15, 0.2) is 17.3 Å². The zero-order valence-electron chi connectivity index (χ0n) is 18.5. The maximum atomic E-state index is 13.9. The molecule has 8 nitrogen and oxygen atoms in total. The molecule has 2 aromatic heterocycles. The van der Waals surface area contributed by atoms with Crippen LogP contribution in [0, 0.1) is 11.6 Å². The predicted molar refractivity (Wildman–Crippen MR) is 125 cm³/mol. The number of nitrogens with one attached hydrogen (secondary N) is 2. The molecule has 176 valence electrons. The smallest absolute Gasteiger partial charge is 0.376 e. The Morgan fingerprint density at radius 1 is 1.18 bits per heavy atom. The molecular formula is C23H24BF2N5O3. The van der Waals surface area contributed by atoms with E-state index in [2.05, 4.69) is 20.6 Å². The highest BCUT2D eigenvalue weighted by molar-refractivity contribution is 6.45. The van der Waals surface area contributed by atoms with Crippen molar-refractivity contribution >= 4 is 30.2 Å². The lowest BCUT2D eigenvalue weighted by molar-refractivity contribution is 0.101. The number of aromatic nitrogens is 2. The van der Waals surface area contributed by atoms with Crippen LogP contribution in [0.4, 0.5) is 26.0 Å². The van der Waals surface area contributed by atoms with E-state index in [1.165, 1.54) is 0 Å². The number of carbonyl (C=O) groups is 1. The Kier molecular flexibility index (Phi) is 7.34. The minimum atomic E-state index is -1.05. The Morgan fingerprint density at radius 2 is 1.91 bits per heavy atom. The van der Waals surface area contributed by atoms with Crippen LogP contribution in [-0.2, 0) is 0 Å². The minimum absolute atomic E-state index is 0.0897. The zero-order valence-corrected chi connectivity index (χ0v) is 18.5. The first-order chi connectivity index (χ1) is 16.4. The summed E-state index contributed by atoms with van der Waals surface area (Å²) < 4.78 is 33.0. The molecule has 1 saturated heterocycles. The number of carbonyl (C=O) groups excluding carboxylic acids is 1. The van der Waals surface area contributed by atoms with Gasteiger partial charge in [-0.1, -0.05) is 0 Å². The molecule has 34 heavy (non-hydrogen) atoms. The molecule has 3 aromatic rings. The summed E-state index contributed by atoms with van der Waals surface area (Å²) in [7, 11) is -0.446. The van der Waals surface area contributed by atoms with Gasteiger partial charge in [-0.3, -0.25) is 4.79 Å². The number of hydrogen-bond acceptors (Lipinski definition) is 7. The summed E-state index contributed by atoms with van der Waals surface area (Å²) in [5.74, 6) is -1.66. The second-order valence-electron chi connectivity index (χ2n) is 7.97. The van der Waals surface area contributed by atoms with Crippen molar-refractivity contribution in [3.63, 3.8) is 0 Å². The molecule has 0 unspecified atom stereocenters. The number of nitrogens with zero attached hydrogens (tertiary/aromatic N) is 3. The molecule has 1 aromatic carbocycles. The van der Waals surface area contributed by atoms with E-state index in [1.54, 1.807) is 25.2 Å². The molecule has 11 heteroatoms. The largest absolute Gasteiger partial charge is 0.490 e. The van der Waals surface area contributed by atoms with Crippen molar-refractivity contribution in [2.75, 3.05) is 23.7 Å². The summed E-state index contributed by atoms with van der Waals surface area (Å²) in [4.78, 5) is 22.2. The summed E-state index contributed by atoms with van der Waals surface area (Å²) in [5, 5.41) is 15.3. The number of hydrogen-bond donors (Lipinski definition) is 3. The molecule has 1 aliphatic heterocycles. The Morgan fingerprint density at radius 3 is 2.59 bits per heavy atom. The zero-order chi connectivity index (χ0) is 24.1. The molecule has 0 saturated carbocycles. The number of piperidine rings is 1. The van der Waals surface area contributed by atoms with E-state index >= 15 is 0 Å². The first-order valence-electron chi connectivity index (χ1n) is 10.9. The first-order valence-corrected chi connectivity index (χ1v) is 10.9. The van der Waals surface area contributed by atoms with Gasteiger partial charge < -0.3 is 25.2 Å². The van der Waals surface area contributed by atoms with Crippen LogP contribution in [0.25, 0.3) is 0 Å². The maximum absolute atomic E-state index is 13.9.